The van der Waals surface area contributed by atoms with E-state index >= 15 is 0 Å². The second-order valence-corrected chi connectivity index (χ2v) is 9.42. The summed E-state index contributed by atoms with van der Waals surface area (Å²) in [6, 6.07) is 43.8. The molecule has 128 valence electrons. The van der Waals surface area contributed by atoms with Crippen molar-refractivity contribution in [3.8, 4) is 0 Å². The maximum Gasteiger partial charge on any atom is 0.144 e. The van der Waals surface area contributed by atoms with Gasteiger partial charge in [-0.3, -0.25) is 0 Å². The van der Waals surface area contributed by atoms with Crippen LogP contribution in [0.2, 0.25) is 0 Å². The average molecular weight is 376 g/mol. The van der Waals surface area contributed by atoms with Crippen LogP contribution in [0, 0.1) is 0 Å². The molecule has 0 unspecified atom stereocenters. The van der Waals surface area contributed by atoms with Gasteiger partial charge in [0.15, 0.2) is 0 Å². The first-order chi connectivity index (χ1) is 12.4. The van der Waals surface area contributed by atoms with Gasteiger partial charge in [-0.2, -0.15) is 0 Å². The van der Waals surface area contributed by atoms with Crippen LogP contribution in [-0.2, 0) is 0 Å². The minimum absolute atomic E-state index is 0. The van der Waals surface area contributed by atoms with E-state index < -0.39 is 7.26 Å². The lowest BCUT2D eigenvalue weighted by atomic mass is 10.3. The average Bonchev–Trinajstić information content (AvgIpc) is 2.72. The Bertz CT molecular complexity index is 759. The Morgan fingerprint density at radius 1 is 0.308 bits per heavy atom. The fourth-order valence-corrected chi connectivity index (χ4v) is 7.77. The Balaban J connectivity index is 0.00000196. The van der Waals surface area contributed by atoms with E-state index in [1.54, 1.807) is 0 Å². The molecule has 0 atom stereocenters. The Labute approximate surface area is 162 Å². The minimum Gasteiger partial charge on any atom is -0.147 e. The van der Waals surface area contributed by atoms with Crippen molar-refractivity contribution >= 4 is 40.9 Å². The summed E-state index contributed by atoms with van der Waals surface area (Å²) in [5.74, 6) is 0. The maximum absolute atomic E-state index is 2.28. The highest BCUT2D eigenvalue weighted by Gasteiger charge is 2.47. The summed E-state index contributed by atoms with van der Waals surface area (Å²) in [6.07, 6.45) is 0. The molecule has 4 rings (SSSR count). The zero-order valence-electron chi connectivity index (χ0n) is 14.4. The minimum atomic E-state index is -1.91. The highest BCUT2D eigenvalue weighted by molar-refractivity contribution is 8.01. The number of hydrogen-bond acceptors (Lipinski definition) is 0. The molecule has 0 aromatic heterocycles. The number of hydrogen-bond donors (Lipinski definition) is 0. The summed E-state index contributed by atoms with van der Waals surface area (Å²) < 4.78 is 0. The van der Waals surface area contributed by atoms with Gasteiger partial charge in [0.2, 0.25) is 0 Å². The molecule has 2 heteroatoms. The molecule has 0 saturated heterocycles. The van der Waals surface area contributed by atoms with Crippen LogP contribution in [0.1, 0.15) is 0 Å². The normalized spacial score (nSPS) is 10.8. The first kappa shape index (κ1) is 18.4. The molecule has 0 N–H and O–H groups in total. The van der Waals surface area contributed by atoms with E-state index in [0.29, 0.717) is 0 Å². The van der Waals surface area contributed by atoms with E-state index in [2.05, 4.69) is 121 Å². The van der Waals surface area contributed by atoms with Crippen molar-refractivity contribution in [1.29, 1.82) is 0 Å². The predicted molar refractivity (Wildman–Crippen MR) is 118 cm³/mol. The molecule has 0 aliphatic heterocycles. The van der Waals surface area contributed by atoms with Gasteiger partial charge in [0.1, 0.15) is 28.5 Å². The molecular weight excluding hydrogens is 355 g/mol. The fraction of sp³-hybridized carbons (Fsp3) is 0. The Morgan fingerprint density at radius 2 is 0.500 bits per heavy atom. The van der Waals surface area contributed by atoms with E-state index in [1.165, 1.54) is 21.2 Å². The van der Waals surface area contributed by atoms with Crippen molar-refractivity contribution in [3.05, 3.63) is 121 Å². The summed E-state index contributed by atoms with van der Waals surface area (Å²) in [7, 11) is -1.91. The maximum atomic E-state index is 2.28. The van der Waals surface area contributed by atoms with Gasteiger partial charge in [-0.05, 0) is 48.5 Å². The SMILES string of the molecule is Cl.c1ccc([P+](c2ccccc2)(c2ccccc2)c2ccccc2)cc1. The number of halogens is 1. The van der Waals surface area contributed by atoms with Gasteiger partial charge in [-0.1, -0.05) is 72.8 Å². The second kappa shape index (κ2) is 8.32. The largest absolute Gasteiger partial charge is 0.147 e. The number of benzene rings is 4. The monoisotopic (exact) mass is 375 g/mol. The van der Waals surface area contributed by atoms with Crippen LogP contribution in [0.15, 0.2) is 121 Å². The van der Waals surface area contributed by atoms with Gasteiger partial charge < -0.3 is 0 Å². The summed E-state index contributed by atoms with van der Waals surface area (Å²) in [5.41, 5.74) is 0. The van der Waals surface area contributed by atoms with Crippen molar-refractivity contribution in [2.75, 3.05) is 0 Å². The van der Waals surface area contributed by atoms with Gasteiger partial charge in [-0.15, -0.1) is 12.4 Å². The van der Waals surface area contributed by atoms with Gasteiger partial charge in [-0.25, -0.2) is 0 Å². The third-order valence-electron chi connectivity index (χ3n) is 4.57. The Hall–Kier alpha value is -2.40. The van der Waals surface area contributed by atoms with Gasteiger partial charge in [0.05, 0.1) is 0 Å². The molecule has 0 amide bonds. The van der Waals surface area contributed by atoms with E-state index in [0.717, 1.165) is 0 Å². The van der Waals surface area contributed by atoms with E-state index in [1.807, 2.05) is 0 Å². The lowest BCUT2D eigenvalue weighted by molar-refractivity contribution is 1.71. The highest BCUT2D eigenvalue weighted by atomic mass is 35.5. The van der Waals surface area contributed by atoms with Crippen molar-refractivity contribution in [3.63, 3.8) is 0 Å². The van der Waals surface area contributed by atoms with Crippen molar-refractivity contribution in [2.24, 2.45) is 0 Å². The van der Waals surface area contributed by atoms with Crippen LogP contribution in [0.3, 0.4) is 0 Å². The molecule has 4 aromatic carbocycles. The summed E-state index contributed by atoms with van der Waals surface area (Å²) in [4.78, 5) is 0. The molecule has 0 aliphatic rings. The third kappa shape index (κ3) is 3.19. The highest BCUT2D eigenvalue weighted by Crippen LogP contribution is 2.53. The molecular formula is C24H21ClP+. The molecule has 0 nitrogen and oxygen atoms in total. The molecule has 0 saturated carbocycles. The fourth-order valence-electron chi connectivity index (χ4n) is 3.50. The lowest BCUT2D eigenvalue weighted by Crippen LogP contribution is -2.38. The molecule has 0 fully saturated rings. The standard InChI is InChI=1S/C24H20P.ClH/c1-5-13-21(14-6-1)25(22-15-7-2-8-16-22,23-17-9-3-10-18-23)24-19-11-4-12-20-24;/h1-20H;1H/q+1;. The van der Waals surface area contributed by atoms with Crippen molar-refractivity contribution in [2.45, 2.75) is 0 Å². The van der Waals surface area contributed by atoms with Crippen LogP contribution in [0.5, 0.6) is 0 Å². The molecule has 4 aromatic rings. The van der Waals surface area contributed by atoms with Gasteiger partial charge in [0.25, 0.3) is 0 Å². The van der Waals surface area contributed by atoms with Gasteiger partial charge in [0, 0.05) is 0 Å². The molecule has 0 spiro atoms. The van der Waals surface area contributed by atoms with Crippen LogP contribution in [0.4, 0.5) is 0 Å². The zero-order chi connectivity index (χ0) is 17.0. The smallest absolute Gasteiger partial charge is 0.144 e. The lowest BCUT2D eigenvalue weighted by Gasteiger charge is -2.27. The predicted octanol–water partition coefficient (Wildman–Crippen LogP) is 4.73. The summed E-state index contributed by atoms with van der Waals surface area (Å²) in [5, 5.41) is 5.55. The topological polar surface area (TPSA) is 0 Å². The van der Waals surface area contributed by atoms with Crippen LogP contribution in [0.25, 0.3) is 0 Å². The Kier molecular flexibility index (Phi) is 5.89. The van der Waals surface area contributed by atoms with Crippen LogP contribution < -0.4 is 21.2 Å². The van der Waals surface area contributed by atoms with E-state index in [9.17, 15) is 0 Å². The number of rotatable bonds is 4. The third-order valence-corrected chi connectivity index (χ3v) is 8.86. The van der Waals surface area contributed by atoms with Crippen molar-refractivity contribution in [1.82, 2.24) is 0 Å². The van der Waals surface area contributed by atoms with E-state index in [-0.39, 0.29) is 12.4 Å². The summed E-state index contributed by atoms with van der Waals surface area (Å²) >= 11 is 0. The van der Waals surface area contributed by atoms with Crippen LogP contribution in [-0.4, -0.2) is 0 Å². The van der Waals surface area contributed by atoms with Gasteiger partial charge >= 0.3 is 0 Å². The Morgan fingerprint density at radius 3 is 0.692 bits per heavy atom. The second-order valence-electron chi connectivity index (χ2n) is 6.01. The molecule has 0 bridgehead atoms. The first-order valence-electron chi connectivity index (χ1n) is 8.54. The first-order valence-corrected chi connectivity index (χ1v) is 10.3. The van der Waals surface area contributed by atoms with Crippen molar-refractivity contribution < 1.29 is 0 Å². The molecule has 26 heavy (non-hydrogen) atoms. The molecule has 0 radical (unpaired) electrons. The molecule has 0 heterocycles. The molecule has 0 aliphatic carbocycles. The summed E-state index contributed by atoms with van der Waals surface area (Å²) in [6.45, 7) is 0. The van der Waals surface area contributed by atoms with Crippen LogP contribution >= 0.6 is 19.7 Å². The van der Waals surface area contributed by atoms with E-state index in [4.69, 9.17) is 0 Å². The zero-order valence-corrected chi connectivity index (χ0v) is 16.1. The quantitative estimate of drug-likeness (QED) is 0.452.